The molecule has 3 heterocycles. The molecule has 1 aliphatic carbocycles. The smallest absolute Gasteiger partial charge is 0.179 e. The van der Waals surface area contributed by atoms with Crippen LogP contribution in [-0.4, -0.2) is 19.5 Å². The molecule has 0 atom stereocenters. The number of nitrogens with zero attached hydrogens (tertiary/aromatic N) is 4. The van der Waals surface area contributed by atoms with E-state index in [2.05, 4.69) is 126 Å². The summed E-state index contributed by atoms with van der Waals surface area (Å²) in [5, 5.41) is 3.54. The van der Waals surface area contributed by atoms with Gasteiger partial charge in [0.2, 0.25) is 0 Å². The zero-order chi connectivity index (χ0) is 26.9. The number of aromatic nitrogens is 4. The molecule has 4 heteroatoms. The molecule has 0 N–H and O–H groups in total. The molecule has 41 heavy (non-hydrogen) atoms. The zero-order valence-corrected chi connectivity index (χ0v) is 22.0. The molecule has 0 fully saturated rings. The highest BCUT2D eigenvalue weighted by Gasteiger charge is 2.24. The van der Waals surface area contributed by atoms with Gasteiger partial charge in [-0.05, 0) is 59.7 Å². The van der Waals surface area contributed by atoms with Crippen LogP contribution in [-0.2, 0) is 0 Å². The average Bonchev–Trinajstić information content (AvgIpc) is 3.55. The van der Waals surface area contributed by atoms with E-state index >= 15 is 0 Å². The van der Waals surface area contributed by atoms with Crippen molar-refractivity contribution in [3.05, 3.63) is 133 Å². The van der Waals surface area contributed by atoms with E-state index in [-0.39, 0.29) is 0 Å². The van der Waals surface area contributed by atoms with Crippen LogP contribution in [0.5, 0.6) is 0 Å². The quantitative estimate of drug-likeness (QED) is 0.232. The third-order valence-corrected chi connectivity index (χ3v) is 8.16. The molecule has 0 bridgehead atoms. The molecule has 1 aliphatic rings. The summed E-state index contributed by atoms with van der Waals surface area (Å²) < 4.78 is 2.33. The van der Waals surface area contributed by atoms with Gasteiger partial charge in [0.15, 0.2) is 5.82 Å². The summed E-state index contributed by atoms with van der Waals surface area (Å²) in [7, 11) is 0. The number of hydrogen-bond donors (Lipinski definition) is 0. The Kier molecular flexibility index (Phi) is 4.58. The molecule has 5 aromatic carbocycles. The fourth-order valence-corrected chi connectivity index (χ4v) is 6.35. The van der Waals surface area contributed by atoms with Crippen molar-refractivity contribution in [3.63, 3.8) is 0 Å². The third-order valence-electron chi connectivity index (χ3n) is 8.16. The molecule has 9 rings (SSSR count). The molecule has 0 radical (unpaired) electrons. The summed E-state index contributed by atoms with van der Waals surface area (Å²) >= 11 is 0. The molecule has 0 unspecified atom stereocenters. The molecule has 8 aromatic rings. The van der Waals surface area contributed by atoms with Crippen LogP contribution in [0.15, 0.2) is 133 Å². The van der Waals surface area contributed by atoms with Crippen molar-refractivity contribution in [2.75, 3.05) is 0 Å². The van der Waals surface area contributed by atoms with E-state index in [1.165, 1.54) is 32.9 Å². The van der Waals surface area contributed by atoms with Crippen molar-refractivity contribution in [2.45, 2.75) is 0 Å². The molecule has 0 saturated carbocycles. The predicted molar refractivity (Wildman–Crippen MR) is 167 cm³/mol. The fraction of sp³-hybridized carbons (Fsp3) is 0. The average molecular weight is 523 g/mol. The predicted octanol–water partition coefficient (Wildman–Crippen LogP) is 9.10. The van der Waals surface area contributed by atoms with Crippen LogP contribution in [0.2, 0.25) is 0 Å². The lowest BCUT2D eigenvalue weighted by molar-refractivity contribution is 1.18. The zero-order valence-electron chi connectivity index (χ0n) is 22.0. The van der Waals surface area contributed by atoms with E-state index < -0.39 is 0 Å². The van der Waals surface area contributed by atoms with E-state index in [1.54, 1.807) is 0 Å². The summed E-state index contributed by atoms with van der Waals surface area (Å²) in [6, 6.07) is 46.6. The summed E-state index contributed by atoms with van der Waals surface area (Å²) in [5.74, 6) is 0.643. The lowest BCUT2D eigenvalue weighted by Crippen LogP contribution is -1.96. The summed E-state index contributed by atoms with van der Waals surface area (Å²) in [6.07, 6.45) is 0. The van der Waals surface area contributed by atoms with Gasteiger partial charge in [-0.25, -0.2) is 15.0 Å². The lowest BCUT2D eigenvalue weighted by Gasteiger charge is -2.09. The van der Waals surface area contributed by atoms with Crippen LogP contribution in [0, 0.1) is 0 Å². The highest BCUT2D eigenvalue weighted by atomic mass is 15.0. The Morgan fingerprint density at radius 1 is 0.463 bits per heavy atom. The van der Waals surface area contributed by atoms with Gasteiger partial charge in [-0.15, -0.1) is 0 Å². The lowest BCUT2D eigenvalue weighted by atomic mass is 10.1. The Balaban J connectivity index is 1.20. The summed E-state index contributed by atoms with van der Waals surface area (Å²) in [5.41, 5.74) is 11.7. The first-order valence-electron chi connectivity index (χ1n) is 13.8. The van der Waals surface area contributed by atoms with Crippen LogP contribution in [0.25, 0.3) is 83.6 Å². The second kappa shape index (κ2) is 8.44. The SMILES string of the molecule is c1ccc(-n2c3ccccc3c3cc(-c4cccc(-c5nc6c7c(cccc7n5)-c5ccccc5-6)n4)ccc32)cc1. The van der Waals surface area contributed by atoms with Crippen molar-refractivity contribution >= 4 is 32.7 Å². The number of hydrogen-bond acceptors (Lipinski definition) is 3. The minimum atomic E-state index is 0.643. The van der Waals surface area contributed by atoms with Gasteiger partial charge in [0.05, 0.1) is 27.9 Å². The van der Waals surface area contributed by atoms with Crippen LogP contribution in [0.4, 0.5) is 0 Å². The molecule has 0 saturated heterocycles. The van der Waals surface area contributed by atoms with Crippen LogP contribution in [0.3, 0.4) is 0 Å². The van der Waals surface area contributed by atoms with Gasteiger partial charge >= 0.3 is 0 Å². The number of fused-ring (bicyclic) bond motifs is 6. The maximum absolute atomic E-state index is 5.09. The van der Waals surface area contributed by atoms with E-state index in [9.17, 15) is 0 Å². The van der Waals surface area contributed by atoms with Crippen molar-refractivity contribution in [1.82, 2.24) is 19.5 Å². The van der Waals surface area contributed by atoms with Gasteiger partial charge in [-0.2, -0.15) is 0 Å². The molecule has 3 aromatic heterocycles. The van der Waals surface area contributed by atoms with Gasteiger partial charge in [0.25, 0.3) is 0 Å². The Hall–Kier alpha value is -5.61. The van der Waals surface area contributed by atoms with E-state index in [0.29, 0.717) is 5.82 Å². The Morgan fingerprint density at radius 2 is 1.20 bits per heavy atom. The Bertz CT molecular complexity index is 2320. The van der Waals surface area contributed by atoms with Crippen molar-refractivity contribution in [1.29, 1.82) is 0 Å². The standard InChI is InChI=1S/C37H22N4/c1-2-10-24(11-3-1)41-33-19-7-6-13-26(33)29-22-23(20-21-34(29)41)30-16-9-18-32(38-30)37-39-31-17-8-15-27-25-12-4-5-14-28(25)36(40-37)35(27)31/h1-22H. The molecule has 4 nitrogen and oxygen atoms in total. The van der Waals surface area contributed by atoms with Crippen LogP contribution >= 0.6 is 0 Å². The number of benzene rings is 5. The van der Waals surface area contributed by atoms with Crippen LogP contribution in [0.1, 0.15) is 0 Å². The first-order valence-corrected chi connectivity index (χ1v) is 13.8. The molecule has 190 valence electrons. The van der Waals surface area contributed by atoms with Crippen molar-refractivity contribution < 1.29 is 0 Å². The van der Waals surface area contributed by atoms with Gasteiger partial charge in [0, 0.05) is 33.0 Å². The highest BCUT2D eigenvalue weighted by Crippen LogP contribution is 2.46. The minimum absolute atomic E-state index is 0.643. The van der Waals surface area contributed by atoms with E-state index in [4.69, 9.17) is 15.0 Å². The fourth-order valence-electron chi connectivity index (χ4n) is 6.35. The maximum Gasteiger partial charge on any atom is 0.179 e. The van der Waals surface area contributed by atoms with Gasteiger partial charge < -0.3 is 4.57 Å². The topological polar surface area (TPSA) is 43.6 Å². The first kappa shape index (κ1) is 22.2. The number of pyridine rings is 1. The van der Waals surface area contributed by atoms with Crippen molar-refractivity contribution in [3.8, 4) is 50.8 Å². The second-order valence-corrected chi connectivity index (χ2v) is 10.5. The van der Waals surface area contributed by atoms with Gasteiger partial charge in [-0.3, -0.25) is 0 Å². The Labute approximate surface area is 236 Å². The van der Waals surface area contributed by atoms with E-state index in [1.807, 2.05) is 12.1 Å². The summed E-state index contributed by atoms with van der Waals surface area (Å²) in [6.45, 7) is 0. The second-order valence-electron chi connectivity index (χ2n) is 10.5. The highest BCUT2D eigenvalue weighted by molar-refractivity contribution is 6.13. The minimum Gasteiger partial charge on any atom is -0.309 e. The monoisotopic (exact) mass is 522 g/mol. The maximum atomic E-state index is 5.09. The molecule has 0 aliphatic heterocycles. The van der Waals surface area contributed by atoms with Gasteiger partial charge in [0.1, 0.15) is 5.69 Å². The third kappa shape index (κ3) is 3.25. The first-order chi connectivity index (χ1) is 20.3. The van der Waals surface area contributed by atoms with Gasteiger partial charge in [-0.1, -0.05) is 84.9 Å². The molecule has 0 amide bonds. The molecular weight excluding hydrogens is 500 g/mol. The van der Waals surface area contributed by atoms with Crippen molar-refractivity contribution in [2.24, 2.45) is 0 Å². The normalized spacial score (nSPS) is 11.9. The molecular formula is C37H22N4. The van der Waals surface area contributed by atoms with Crippen LogP contribution < -0.4 is 0 Å². The molecule has 0 spiro atoms. The summed E-state index contributed by atoms with van der Waals surface area (Å²) in [4.78, 5) is 15.1. The number of rotatable bonds is 3. The Morgan fingerprint density at radius 3 is 2.12 bits per heavy atom. The van der Waals surface area contributed by atoms with E-state index in [0.717, 1.165) is 44.8 Å². The number of para-hydroxylation sites is 2. The largest absolute Gasteiger partial charge is 0.309 e.